The van der Waals surface area contributed by atoms with E-state index in [9.17, 15) is 0 Å². The topological polar surface area (TPSA) is 18.5 Å². The third-order valence-corrected chi connectivity index (χ3v) is 3.78. The van der Waals surface area contributed by atoms with Crippen molar-refractivity contribution >= 4 is 0 Å². The Balaban J connectivity index is 1.64. The SMILES string of the molecule is c1ccc(OOc2cccc3c2Cc2ccccc2-3)cc1. The number of hydrogen-bond donors (Lipinski definition) is 0. The molecule has 0 radical (unpaired) electrons. The van der Waals surface area contributed by atoms with Crippen molar-refractivity contribution < 1.29 is 9.78 Å². The largest absolute Gasteiger partial charge is 0.290 e. The lowest BCUT2D eigenvalue weighted by Gasteiger charge is -2.09. The summed E-state index contributed by atoms with van der Waals surface area (Å²) in [6.45, 7) is 0. The van der Waals surface area contributed by atoms with Gasteiger partial charge in [-0.15, -0.1) is 0 Å². The number of rotatable bonds is 3. The highest BCUT2D eigenvalue weighted by atomic mass is 17.2. The van der Waals surface area contributed by atoms with Crippen LogP contribution in [0.1, 0.15) is 11.1 Å². The van der Waals surface area contributed by atoms with Gasteiger partial charge < -0.3 is 0 Å². The zero-order chi connectivity index (χ0) is 14.1. The molecule has 0 atom stereocenters. The molecule has 2 heteroatoms. The van der Waals surface area contributed by atoms with Crippen molar-refractivity contribution in [2.75, 3.05) is 0 Å². The summed E-state index contributed by atoms with van der Waals surface area (Å²) >= 11 is 0. The first-order valence-corrected chi connectivity index (χ1v) is 7.01. The van der Waals surface area contributed by atoms with E-state index in [2.05, 4.69) is 30.3 Å². The Kier molecular flexibility index (Phi) is 2.86. The summed E-state index contributed by atoms with van der Waals surface area (Å²) in [5, 5.41) is 0. The van der Waals surface area contributed by atoms with E-state index in [4.69, 9.17) is 9.78 Å². The monoisotopic (exact) mass is 274 g/mol. The molecule has 2 nitrogen and oxygen atoms in total. The van der Waals surface area contributed by atoms with E-state index in [1.165, 1.54) is 22.3 Å². The van der Waals surface area contributed by atoms with Crippen molar-refractivity contribution in [1.82, 2.24) is 0 Å². The predicted octanol–water partition coefficient (Wildman–Crippen LogP) is 4.63. The second kappa shape index (κ2) is 4.98. The molecule has 102 valence electrons. The summed E-state index contributed by atoms with van der Waals surface area (Å²) in [6, 6.07) is 24.1. The molecule has 0 spiro atoms. The molecule has 0 N–H and O–H groups in total. The number of hydrogen-bond acceptors (Lipinski definition) is 2. The molecular weight excluding hydrogens is 260 g/mol. The molecule has 3 aromatic rings. The Labute approximate surface area is 123 Å². The molecule has 0 bridgehead atoms. The van der Waals surface area contributed by atoms with Gasteiger partial charge in [0, 0.05) is 12.0 Å². The van der Waals surface area contributed by atoms with E-state index >= 15 is 0 Å². The first kappa shape index (κ1) is 12.0. The molecule has 3 aromatic carbocycles. The average molecular weight is 274 g/mol. The molecule has 0 aliphatic heterocycles. The van der Waals surface area contributed by atoms with Gasteiger partial charge in [0.25, 0.3) is 0 Å². The van der Waals surface area contributed by atoms with Gasteiger partial charge in [-0.05, 0) is 34.9 Å². The van der Waals surface area contributed by atoms with Gasteiger partial charge in [0.15, 0.2) is 11.5 Å². The minimum atomic E-state index is 0.700. The summed E-state index contributed by atoms with van der Waals surface area (Å²) in [6.07, 6.45) is 0.889. The van der Waals surface area contributed by atoms with Gasteiger partial charge in [0.05, 0.1) is 0 Å². The van der Waals surface area contributed by atoms with Crippen LogP contribution in [0.2, 0.25) is 0 Å². The van der Waals surface area contributed by atoms with Crippen LogP contribution in [0, 0.1) is 0 Å². The van der Waals surface area contributed by atoms with Crippen LogP contribution < -0.4 is 9.78 Å². The molecule has 1 aliphatic rings. The molecule has 0 aromatic heterocycles. The second-order valence-electron chi connectivity index (χ2n) is 5.10. The van der Waals surface area contributed by atoms with E-state index in [0.717, 1.165) is 12.2 Å². The molecule has 1 aliphatic carbocycles. The molecule has 21 heavy (non-hydrogen) atoms. The van der Waals surface area contributed by atoms with Crippen LogP contribution in [-0.2, 0) is 6.42 Å². The van der Waals surface area contributed by atoms with E-state index < -0.39 is 0 Å². The Morgan fingerprint density at radius 3 is 2.29 bits per heavy atom. The van der Waals surface area contributed by atoms with Gasteiger partial charge in [0.1, 0.15) is 0 Å². The quantitative estimate of drug-likeness (QED) is 0.400. The fraction of sp³-hybridized carbons (Fsp3) is 0.0526. The van der Waals surface area contributed by atoms with Crippen LogP contribution in [0.4, 0.5) is 0 Å². The molecule has 0 fully saturated rings. The minimum absolute atomic E-state index is 0.700. The number of benzene rings is 3. The van der Waals surface area contributed by atoms with Crippen molar-refractivity contribution in [3.63, 3.8) is 0 Å². The first-order valence-electron chi connectivity index (χ1n) is 7.01. The van der Waals surface area contributed by atoms with Crippen LogP contribution in [-0.4, -0.2) is 0 Å². The van der Waals surface area contributed by atoms with E-state index in [0.29, 0.717) is 5.75 Å². The Hall–Kier alpha value is -2.74. The zero-order valence-electron chi connectivity index (χ0n) is 11.5. The summed E-state index contributed by atoms with van der Waals surface area (Å²) in [5.41, 5.74) is 5.05. The number of fused-ring (bicyclic) bond motifs is 3. The molecule has 0 saturated heterocycles. The lowest BCUT2D eigenvalue weighted by Crippen LogP contribution is -2.02. The molecule has 0 amide bonds. The second-order valence-corrected chi connectivity index (χ2v) is 5.10. The minimum Gasteiger partial charge on any atom is -0.290 e. The summed E-state index contributed by atoms with van der Waals surface area (Å²) in [7, 11) is 0. The van der Waals surface area contributed by atoms with Crippen molar-refractivity contribution in [2.45, 2.75) is 6.42 Å². The highest BCUT2D eigenvalue weighted by molar-refractivity contribution is 5.78. The molecule has 0 heterocycles. The van der Waals surface area contributed by atoms with Gasteiger partial charge in [0.2, 0.25) is 0 Å². The smallest absolute Gasteiger partial charge is 0.182 e. The third kappa shape index (κ3) is 2.15. The highest BCUT2D eigenvalue weighted by Gasteiger charge is 2.21. The van der Waals surface area contributed by atoms with Crippen LogP contribution in [0.15, 0.2) is 72.8 Å². The summed E-state index contributed by atoms with van der Waals surface area (Å²) in [4.78, 5) is 11.0. The van der Waals surface area contributed by atoms with Crippen molar-refractivity contribution in [3.8, 4) is 22.6 Å². The van der Waals surface area contributed by atoms with Gasteiger partial charge >= 0.3 is 0 Å². The maximum Gasteiger partial charge on any atom is 0.182 e. The van der Waals surface area contributed by atoms with Gasteiger partial charge in [-0.1, -0.05) is 54.6 Å². The predicted molar refractivity (Wildman–Crippen MR) is 82.4 cm³/mol. The van der Waals surface area contributed by atoms with Crippen LogP contribution in [0.25, 0.3) is 11.1 Å². The zero-order valence-corrected chi connectivity index (χ0v) is 11.5. The maximum atomic E-state index is 5.57. The fourth-order valence-corrected chi connectivity index (χ4v) is 2.78. The number of para-hydroxylation sites is 1. The maximum absolute atomic E-state index is 5.57. The van der Waals surface area contributed by atoms with Crippen LogP contribution >= 0.6 is 0 Å². The Bertz CT molecular complexity index is 779. The highest BCUT2D eigenvalue weighted by Crippen LogP contribution is 2.40. The molecule has 0 unspecified atom stereocenters. The van der Waals surface area contributed by atoms with Crippen LogP contribution in [0.3, 0.4) is 0 Å². The molecule has 4 rings (SSSR count). The molecule has 0 saturated carbocycles. The molecular formula is C19H14O2. The van der Waals surface area contributed by atoms with Gasteiger partial charge in [-0.25, -0.2) is 0 Å². The lowest BCUT2D eigenvalue weighted by molar-refractivity contribution is -0.101. The van der Waals surface area contributed by atoms with Gasteiger partial charge in [-0.2, -0.15) is 0 Å². The van der Waals surface area contributed by atoms with E-state index in [1.807, 2.05) is 42.5 Å². The van der Waals surface area contributed by atoms with Crippen molar-refractivity contribution in [1.29, 1.82) is 0 Å². The Morgan fingerprint density at radius 2 is 1.38 bits per heavy atom. The first-order chi connectivity index (χ1) is 10.4. The summed E-state index contributed by atoms with van der Waals surface area (Å²) in [5.74, 6) is 1.48. The summed E-state index contributed by atoms with van der Waals surface area (Å²) < 4.78 is 0. The average Bonchev–Trinajstić information content (AvgIpc) is 2.93. The standard InChI is InChI=1S/C19H14O2/c1-2-8-15(9-3-1)20-21-19-12-6-11-17-16-10-5-4-7-14(16)13-18(17)19/h1-12H,13H2. The lowest BCUT2D eigenvalue weighted by atomic mass is 10.1. The van der Waals surface area contributed by atoms with Crippen LogP contribution in [0.5, 0.6) is 11.5 Å². The van der Waals surface area contributed by atoms with Crippen molar-refractivity contribution in [2.24, 2.45) is 0 Å². The van der Waals surface area contributed by atoms with E-state index in [-0.39, 0.29) is 0 Å². The van der Waals surface area contributed by atoms with E-state index in [1.54, 1.807) is 0 Å². The normalized spacial score (nSPS) is 11.6. The van der Waals surface area contributed by atoms with Crippen molar-refractivity contribution in [3.05, 3.63) is 83.9 Å². The third-order valence-electron chi connectivity index (χ3n) is 3.78. The Morgan fingerprint density at radius 1 is 0.619 bits per heavy atom. The fourth-order valence-electron chi connectivity index (χ4n) is 2.78. The van der Waals surface area contributed by atoms with Gasteiger partial charge in [-0.3, -0.25) is 9.78 Å².